The molecule has 3 aromatic rings. The van der Waals surface area contributed by atoms with E-state index in [0.29, 0.717) is 34.9 Å². The van der Waals surface area contributed by atoms with Gasteiger partial charge in [0.1, 0.15) is 0 Å². The number of ether oxygens (including phenoxy) is 2. The summed E-state index contributed by atoms with van der Waals surface area (Å²) in [5, 5.41) is 24.9. The van der Waals surface area contributed by atoms with E-state index in [0.717, 1.165) is 11.1 Å². The summed E-state index contributed by atoms with van der Waals surface area (Å²) in [4.78, 5) is 26.7. The van der Waals surface area contributed by atoms with Crippen LogP contribution < -0.4 is 20.2 Å². The molecule has 0 bridgehead atoms. The normalized spacial score (nSPS) is 11.1. The van der Waals surface area contributed by atoms with E-state index in [1.165, 1.54) is 23.9 Å². The van der Waals surface area contributed by atoms with E-state index in [9.17, 15) is 14.9 Å². The van der Waals surface area contributed by atoms with Crippen LogP contribution in [0.15, 0.2) is 52.7 Å². The Bertz CT molecular complexity index is 1180. The van der Waals surface area contributed by atoms with E-state index in [2.05, 4.69) is 31.0 Å². The minimum atomic E-state index is -0.460. The first-order valence-corrected chi connectivity index (χ1v) is 11.0. The number of thioether (sulfide) groups is 1. The van der Waals surface area contributed by atoms with Crippen LogP contribution in [0.2, 0.25) is 0 Å². The summed E-state index contributed by atoms with van der Waals surface area (Å²) in [6, 6.07) is 11.5. The van der Waals surface area contributed by atoms with E-state index < -0.39 is 4.92 Å². The number of aromatic nitrogens is 3. The SMILES string of the molecule is COc1ccc(CNC(=O)CSc2n[nH]c(N/N=C(\C)c3ccc([N+](=O)[O-])cc3)n2)cc1OC. The number of benzene rings is 2. The Labute approximate surface area is 199 Å². The van der Waals surface area contributed by atoms with E-state index in [1.54, 1.807) is 45.4 Å². The summed E-state index contributed by atoms with van der Waals surface area (Å²) in [7, 11) is 3.12. The fourth-order valence-corrected chi connectivity index (χ4v) is 3.39. The number of hydrogen-bond donors (Lipinski definition) is 3. The summed E-state index contributed by atoms with van der Waals surface area (Å²) >= 11 is 1.17. The zero-order chi connectivity index (χ0) is 24.5. The third kappa shape index (κ3) is 6.68. The Morgan fingerprint density at radius 2 is 1.91 bits per heavy atom. The van der Waals surface area contributed by atoms with Gasteiger partial charge in [-0.15, -0.1) is 5.10 Å². The number of hydrogen-bond acceptors (Lipinski definition) is 10. The molecule has 0 aliphatic heterocycles. The number of aromatic amines is 1. The quantitative estimate of drug-likeness (QED) is 0.161. The van der Waals surface area contributed by atoms with E-state index in [-0.39, 0.29) is 17.3 Å². The van der Waals surface area contributed by atoms with Crippen molar-refractivity contribution in [3.63, 3.8) is 0 Å². The molecule has 1 heterocycles. The lowest BCUT2D eigenvalue weighted by atomic mass is 10.1. The number of hydrazone groups is 1. The first kappa shape index (κ1) is 24.5. The lowest BCUT2D eigenvalue weighted by Crippen LogP contribution is -2.24. The minimum absolute atomic E-state index is 0.00849. The largest absolute Gasteiger partial charge is 0.493 e. The molecule has 0 aliphatic rings. The molecule has 0 saturated carbocycles. The van der Waals surface area contributed by atoms with Crippen LogP contribution in [0.1, 0.15) is 18.1 Å². The van der Waals surface area contributed by atoms with Gasteiger partial charge in [-0.1, -0.05) is 17.8 Å². The molecule has 0 saturated heterocycles. The van der Waals surface area contributed by atoms with Crippen molar-refractivity contribution >= 4 is 35.0 Å². The molecule has 0 unspecified atom stereocenters. The molecule has 0 fully saturated rings. The summed E-state index contributed by atoms with van der Waals surface area (Å²) in [5.74, 6) is 1.47. The molecule has 2 aromatic carbocycles. The van der Waals surface area contributed by atoms with Crippen LogP contribution in [0.25, 0.3) is 0 Å². The smallest absolute Gasteiger partial charge is 0.269 e. The number of nitro benzene ring substituents is 1. The third-order valence-corrected chi connectivity index (χ3v) is 5.41. The van der Waals surface area contributed by atoms with Gasteiger partial charge in [-0.05, 0) is 42.3 Å². The zero-order valence-electron chi connectivity index (χ0n) is 18.7. The van der Waals surface area contributed by atoms with Crippen molar-refractivity contribution in [3.05, 3.63) is 63.7 Å². The zero-order valence-corrected chi connectivity index (χ0v) is 19.5. The van der Waals surface area contributed by atoms with Crippen LogP contribution in [0.3, 0.4) is 0 Å². The molecule has 3 rings (SSSR count). The van der Waals surface area contributed by atoms with Crippen LogP contribution in [0.4, 0.5) is 11.6 Å². The van der Waals surface area contributed by atoms with Crippen molar-refractivity contribution < 1.29 is 19.2 Å². The molecule has 178 valence electrons. The van der Waals surface area contributed by atoms with Gasteiger partial charge in [0.15, 0.2) is 11.5 Å². The van der Waals surface area contributed by atoms with Gasteiger partial charge in [0.2, 0.25) is 17.0 Å². The fraction of sp³-hybridized carbons (Fsp3) is 0.238. The molecule has 13 heteroatoms. The maximum atomic E-state index is 12.2. The number of non-ortho nitro benzene ring substituents is 1. The molecule has 34 heavy (non-hydrogen) atoms. The van der Waals surface area contributed by atoms with Gasteiger partial charge in [0, 0.05) is 18.7 Å². The van der Waals surface area contributed by atoms with Crippen molar-refractivity contribution in [2.75, 3.05) is 25.4 Å². The molecular formula is C21H23N7O5S. The second-order valence-electron chi connectivity index (χ2n) is 6.83. The van der Waals surface area contributed by atoms with Crippen LogP contribution in [-0.4, -0.2) is 51.7 Å². The maximum Gasteiger partial charge on any atom is 0.269 e. The Morgan fingerprint density at radius 1 is 1.18 bits per heavy atom. The van der Waals surface area contributed by atoms with Crippen LogP contribution >= 0.6 is 11.8 Å². The van der Waals surface area contributed by atoms with Gasteiger partial charge in [-0.25, -0.2) is 10.5 Å². The summed E-state index contributed by atoms with van der Waals surface area (Å²) in [6.45, 7) is 2.10. The van der Waals surface area contributed by atoms with Crippen LogP contribution in [0, 0.1) is 10.1 Å². The lowest BCUT2D eigenvalue weighted by Gasteiger charge is -2.10. The van der Waals surface area contributed by atoms with Gasteiger partial charge >= 0.3 is 0 Å². The second-order valence-corrected chi connectivity index (χ2v) is 7.78. The van der Waals surface area contributed by atoms with Crippen LogP contribution in [0.5, 0.6) is 11.5 Å². The molecule has 0 aliphatic carbocycles. The Kier molecular flexibility index (Phi) is 8.40. The monoisotopic (exact) mass is 485 g/mol. The van der Waals surface area contributed by atoms with E-state index >= 15 is 0 Å². The van der Waals surface area contributed by atoms with Crippen molar-refractivity contribution in [2.45, 2.75) is 18.6 Å². The molecular weight excluding hydrogens is 462 g/mol. The highest BCUT2D eigenvalue weighted by molar-refractivity contribution is 7.99. The van der Waals surface area contributed by atoms with Gasteiger partial charge in [0.25, 0.3) is 5.69 Å². The van der Waals surface area contributed by atoms with Crippen LogP contribution in [-0.2, 0) is 11.3 Å². The number of H-pyrrole nitrogens is 1. The predicted molar refractivity (Wildman–Crippen MR) is 127 cm³/mol. The topological polar surface area (TPSA) is 157 Å². The highest BCUT2D eigenvalue weighted by Crippen LogP contribution is 2.27. The van der Waals surface area contributed by atoms with E-state index in [4.69, 9.17) is 9.47 Å². The summed E-state index contributed by atoms with van der Waals surface area (Å²) < 4.78 is 10.5. The Hall–Kier alpha value is -4.13. The minimum Gasteiger partial charge on any atom is -0.493 e. The van der Waals surface area contributed by atoms with Gasteiger partial charge in [-0.2, -0.15) is 10.1 Å². The average molecular weight is 486 g/mol. The molecule has 0 spiro atoms. The number of nitrogens with one attached hydrogen (secondary N) is 3. The average Bonchev–Trinajstić information content (AvgIpc) is 3.32. The number of nitrogens with zero attached hydrogens (tertiary/aromatic N) is 4. The Morgan fingerprint density at radius 3 is 2.59 bits per heavy atom. The number of carbonyl (C=O) groups is 1. The number of rotatable bonds is 11. The van der Waals surface area contributed by atoms with E-state index in [1.807, 2.05) is 6.07 Å². The van der Waals surface area contributed by atoms with Gasteiger partial charge < -0.3 is 14.8 Å². The molecule has 1 amide bonds. The molecule has 1 aromatic heterocycles. The number of anilines is 1. The number of carbonyl (C=O) groups excluding carboxylic acids is 1. The standard InChI is InChI=1S/C21H23N7O5S/c1-13(15-5-7-16(8-6-15)28(30)31)24-25-20-23-21(27-26-20)34-12-19(29)22-11-14-4-9-17(32-2)18(10-14)33-3/h4-10H,11-12H2,1-3H3,(H,22,29)(H2,23,25,26,27)/b24-13+. The van der Waals surface area contributed by atoms with Gasteiger partial charge in [-0.3, -0.25) is 14.9 Å². The molecule has 0 atom stereocenters. The molecule has 12 nitrogen and oxygen atoms in total. The molecule has 3 N–H and O–H groups in total. The predicted octanol–water partition coefficient (Wildman–Crippen LogP) is 2.97. The third-order valence-electron chi connectivity index (χ3n) is 4.56. The maximum absolute atomic E-state index is 12.2. The second kappa shape index (κ2) is 11.7. The van der Waals surface area contributed by atoms with Crippen molar-refractivity contribution in [3.8, 4) is 11.5 Å². The number of amides is 1. The summed E-state index contributed by atoms with van der Waals surface area (Å²) in [5.41, 5.74) is 4.96. The highest BCUT2D eigenvalue weighted by Gasteiger charge is 2.10. The van der Waals surface area contributed by atoms with Gasteiger partial charge in [0.05, 0.1) is 30.6 Å². The first-order chi connectivity index (χ1) is 16.4. The summed E-state index contributed by atoms with van der Waals surface area (Å²) in [6.07, 6.45) is 0. The Balaban J connectivity index is 1.46. The molecule has 0 radical (unpaired) electrons. The fourth-order valence-electron chi connectivity index (χ4n) is 2.76. The van der Waals surface area contributed by atoms with Crippen molar-refractivity contribution in [2.24, 2.45) is 5.10 Å². The first-order valence-electron chi connectivity index (χ1n) is 9.97. The van der Waals surface area contributed by atoms with Crippen molar-refractivity contribution in [1.29, 1.82) is 0 Å². The number of nitro groups is 1. The van der Waals surface area contributed by atoms with Crippen molar-refractivity contribution in [1.82, 2.24) is 20.5 Å². The lowest BCUT2D eigenvalue weighted by molar-refractivity contribution is -0.384. The highest BCUT2D eigenvalue weighted by atomic mass is 32.2. The number of methoxy groups -OCH3 is 2.